The molecular formula is C17H24ClN3. The van der Waals surface area contributed by atoms with Gasteiger partial charge in [0, 0.05) is 36.4 Å². The molecule has 21 heavy (non-hydrogen) atoms. The van der Waals surface area contributed by atoms with Gasteiger partial charge in [-0.2, -0.15) is 0 Å². The Labute approximate surface area is 132 Å². The second-order valence-corrected chi connectivity index (χ2v) is 5.76. The van der Waals surface area contributed by atoms with Gasteiger partial charge in [-0.05, 0) is 37.1 Å². The van der Waals surface area contributed by atoms with Gasteiger partial charge in [-0.1, -0.05) is 37.6 Å². The molecule has 0 aliphatic heterocycles. The first-order valence-corrected chi connectivity index (χ1v) is 8.05. The van der Waals surface area contributed by atoms with Crippen LogP contribution in [-0.2, 0) is 13.0 Å². The first-order valence-electron chi connectivity index (χ1n) is 7.67. The first-order chi connectivity index (χ1) is 10.2. The minimum Gasteiger partial charge on any atom is -0.335 e. The van der Waals surface area contributed by atoms with Crippen molar-refractivity contribution in [3.63, 3.8) is 0 Å². The molecule has 0 saturated carbocycles. The maximum atomic E-state index is 6.43. The molecule has 1 N–H and O–H groups in total. The number of hydrogen-bond donors (Lipinski definition) is 1. The van der Waals surface area contributed by atoms with E-state index in [0.29, 0.717) is 0 Å². The molecule has 1 heterocycles. The number of nitrogens with zero attached hydrogens (tertiary/aromatic N) is 2. The van der Waals surface area contributed by atoms with Crippen molar-refractivity contribution in [2.24, 2.45) is 0 Å². The molecular weight excluding hydrogens is 282 g/mol. The number of imidazole rings is 1. The molecule has 114 valence electrons. The Morgan fingerprint density at radius 3 is 2.81 bits per heavy atom. The second-order valence-electron chi connectivity index (χ2n) is 5.35. The van der Waals surface area contributed by atoms with Crippen LogP contribution in [0.15, 0.2) is 30.6 Å². The van der Waals surface area contributed by atoms with Crippen LogP contribution in [0.3, 0.4) is 0 Å². The number of rotatable bonds is 7. The number of aromatic nitrogens is 2. The van der Waals surface area contributed by atoms with Crippen molar-refractivity contribution < 1.29 is 0 Å². The topological polar surface area (TPSA) is 29.9 Å². The molecule has 0 aliphatic rings. The van der Waals surface area contributed by atoms with Gasteiger partial charge < -0.3 is 9.88 Å². The Hall–Kier alpha value is -1.32. The summed E-state index contributed by atoms with van der Waals surface area (Å²) in [7, 11) is 0. The van der Waals surface area contributed by atoms with Gasteiger partial charge in [-0.15, -0.1) is 0 Å². The molecule has 0 aliphatic carbocycles. The summed E-state index contributed by atoms with van der Waals surface area (Å²) in [5.74, 6) is 1.10. The van der Waals surface area contributed by atoms with Crippen molar-refractivity contribution in [3.8, 4) is 0 Å². The van der Waals surface area contributed by atoms with Gasteiger partial charge in [0.15, 0.2) is 0 Å². The lowest BCUT2D eigenvalue weighted by Gasteiger charge is -2.15. The fourth-order valence-corrected chi connectivity index (χ4v) is 2.95. The molecule has 0 spiro atoms. The predicted molar refractivity (Wildman–Crippen MR) is 88.9 cm³/mol. The standard InChI is InChI=1S/C17H24ClN3/c1-4-9-21-10-8-20-17(21)12-14-6-7-15(16(18)11-14)13(3)19-5-2/h6-8,10-11,13,19H,4-5,9,12H2,1-3H3. The molecule has 1 unspecified atom stereocenters. The summed E-state index contributed by atoms with van der Waals surface area (Å²) in [4.78, 5) is 4.45. The fourth-order valence-electron chi connectivity index (χ4n) is 2.58. The van der Waals surface area contributed by atoms with Crippen LogP contribution >= 0.6 is 11.6 Å². The highest BCUT2D eigenvalue weighted by molar-refractivity contribution is 6.31. The van der Waals surface area contributed by atoms with Gasteiger partial charge in [-0.3, -0.25) is 0 Å². The Balaban J connectivity index is 2.14. The van der Waals surface area contributed by atoms with E-state index in [1.807, 2.05) is 12.4 Å². The monoisotopic (exact) mass is 305 g/mol. The molecule has 2 aromatic rings. The van der Waals surface area contributed by atoms with Crippen LogP contribution in [0.5, 0.6) is 0 Å². The van der Waals surface area contributed by atoms with Crippen LogP contribution in [0.2, 0.25) is 5.02 Å². The zero-order chi connectivity index (χ0) is 15.2. The van der Waals surface area contributed by atoms with Crippen LogP contribution < -0.4 is 5.32 Å². The van der Waals surface area contributed by atoms with Crippen LogP contribution in [-0.4, -0.2) is 16.1 Å². The maximum absolute atomic E-state index is 6.43. The molecule has 3 nitrogen and oxygen atoms in total. The SMILES string of the molecule is CCCn1ccnc1Cc1ccc(C(C)NCC)c(Cl)c1. The van der Waals surface area contributed by atoms with Crippen LogP contribution in [0.4, 0.5) is 0 Å². The highest BCUT2D eigenvalue weighted by Crippen LogP contribution is 2.25. The molecule has 1 atom stereocenters. The third-order valence-corrected chi connectivity index (χ3v) is 4.00. The van der Waals surface area contributed by atoms with Crippen molar-refractivity contribution in [2.75, 3.05) is 6.54 Å². The fraction of sp³-hybridized carbons (Fsp3) is 0.471. The molecule has 1 aromatic carbocycles. The number of nitrogens with one attached hydrogen (secondary N) is 1. The average Bonchev–Trinajstić information content (AvgIpc) is 2.87. The van der Waals surface area contributed by atoms with Crippen molar-refractivity contribution in [2.45, 2.75) is 46.2 Å². The quantitative estimate of drug-likeness (QED) is 0.830. The van der Waals surface area contributed by atoms with Gasteiger partial charge in [0.05, 0.1) is 0 Å². The summed E-state index contributed by atoms with van der Waals surface area (Å²) in [6.07, 6.45) is 5.85. The van der Waals surface area contributed by atoms with E-state index in [4.69, 9.17) is 11.6 Å². The van der Waals surface area contributed by atoms with E-state index in [2.05, 4.69) is 53.8 Å². The lowest BCUT2D eigenvalue weighted by molar-refractivity contribution is 0.598. The lowest BCUT2D eigenvalue weighted by Crippen LogP contribution is -2.18. The van der Waals surface area contributed by atoms with Gasteiger partial charge in [0.1, 0.15) is 5.82 Å². The molecule has 1 aromatic heterocycles. The molecule has 0 radical (unpaired) electrons. The van der Waals surface area contributed by atoms with Gasteiger partial charge in [0.25, 0.3) is 0 Å². The van der Waals surface area contributed by atoms with Crippen molar-refractivity contribution in [1.29, 1.82) is 0 Å². The molecule has 4 heteroatoms. The van der Waals surface area contributed by atoms with Crippen molar-refractivity contribution in [1.82, 2.24) is 14.9 Å². The largest absolute Gasteiger partial charge is 0.335 e. The van der Waals surface area contributed by atoms with E-state index >= 15 is 0 Å². The third kappa shape index (κ3) is 4.08. The zero-order valence-electron chi connectivity index (χ0n) is 13.1. The first kappa shape index (κ1) is 16.1. The highest BCUT2D eigenvalue weighted by atomic mass is 35.5. The van der Waals surface area contributed by atoms with Gasteiger partial charge in [-0.25, -0.2) is 4.98 Å². The Morgan fingerprint density at radius 2 is 2.14 bits per heavy atom. The zero-order valence-corrected chi connectivity index (χ0v) is 13.8. The van der Waals surface area contributed by atoms with Crippen LogP contribution in [0.25, 0.3) is 0 Å². The number of benzene rings is 1. The summed E-state index contributed by atoms with van der Waals surface area (Å²) < 4.78 is 2.21. The van der Waals surface area contributed by atoms with Gasteiger partial charge in [0.2, 0.25) is 0 Å². The molecule has 0 saturated heterocycles. The highest BCUT2D eigenvalue weighted by Gasteiger charge is 2.10. The van der Waals surface area contributed by atoms with Crippen LogP contribution in [0, 0.1) is 0 Å². The maximum Gasteiger partial charge on any atom is 0.113 e. The van der Waals surface area contributed by atoms with Crippen molar-refractivity contribution >= 4 is 11.6 Å². The Bertz CT molecular complexity index is 577. The Kier molecular flexibility index (Phi) is 5.83. The van der Waals surface area contributed by atoms with Crippen LogP contribution in [0.1, 0.15) is 50.2 Å². The lowest BCUT2D eigenvalue weighted by atomic mass is 10.0. The Morgan fingerprint density at radius 1 is 1.33 bits per heavy atom. The summed E-state index contributed by atoms with van der Waals surface area (Å²) in [6.45, 7) is 8.37. The van der Waals surface area contributed by atoms with Gasteiger partial charge >= 0.3 is 0 Å². The minimum absolute atomic E-state index is 0.277. The molecule has 0 fully saturated rings. The normalized spacial score (nSPS) is 12.6. The molecule has 0 amide bonds. The average molecular weight is 306 g/mol. The van der Waals surface area contributed by atoms with E-state index in [1.54, 1.807) is 0 Å². The van der Waals surface area contributed by atoms with E-state index < -0.39 is 0 Å². The number of aryl methyl sites for hydroxylation is 1. The van der Waals surface area contributed by atoms with E-state index in [0.717, 1.165) is 42.3 Å². The predicted octanol–water partition coefficient (Wildman–Crippen LogP) is 4.21. The summed E-state index contributed by atoms with van der Waals surface area (Å²) >= 11 is 6.43. The van der Waals surface area contributed by atoms with E-state index in [9.17, 15) is 0 Å². The summed E-state index contributed by atoms with van der Waals surface area (Å²) in [5.41, 5.74) is 2.36. The number of hydrogen-bond acceptors (Lipinski definition) is 2. The smallest absolute Gasteiger partial charge is 0.113 e. The minimum atomic E-state index is 0.277. The number of halogens is 1. The van der Waals surface area contributed by atoms with E-state index in [-0.39, 0.29) is 6.04 Å². The molecule has 0 bridgehead atoms. The second kappa shape index (κ2) is 7.62. The summed E-state index contributed by atoms with van der Waals surface area (Å²) in [6, 6.07) is 6.62. The van der Waals surface area contributed by atoms with E-state index in [1.165, 1.54) is 5.56 Å². The summed E-state index contributed by atoms with van der Waals surface area (Å²) in [5, 5.41) is 4.22. The molecule has 2 rings (SSSR count). The third-order valence-electron chi connectivity index (χ3n) is 3.67. The van der Waals surface area contributed by atoms with Crippen molar-refractivity contribution in [3.05, 3.63) is 52.6 Å².